The molecule has 0 spiro atoms. The van der Waals surface area contributed by atoms with Crippen LogP contribution in [0.4, 0.5) is 0 Å². The van der Waals surface area contributed by atoms with Gasteiger partial charge in [-0.2, -0.15) is 0 Å². The van der Waals surface area contributed by atoms with Crippen LogP contribution in [0.2, 0.25) is 0 Å². The lowest BCUT2D eigenvalue weighted by molar-refractivity contribution is -0.121. The van der Waals surface area contributed by atoms with E-state index in [2.05, 4.69) is 19.2 Å². The first kappa shape index (κ1) is 18.1. The molecule has 3 rings (SSSR count). The first-order valence-electron chi connectivity index (χ1n) is 9.13. The van der Waals surface area contributed by atoms with E-state index in [9.17, 15) is 14.4 Å². The molecule has 0 unspecified atom stereocenters. The topological polar surface area (TPSA) is 66.5 Å². The predicted molar refractivity (Wildman–Crippen MR) is 101 cm³/mol. The Morgan fingerprint density at radius 1 is 1.04 bits per heavy atom. The molecule has 136 valence electrons. The number of imide groups is 1. The van der Waals surface area contributed by atoms with Crippen LogP contribution in [0.15, 0.2) is 36.4 Å². The lowest BCUT2D eigenvalue weighted by Crippen LogP contribution is -2.41. The van der Waals surface area contributed by atoms with Gasteiger partial charge in [-0.05, 0) is 36.3 Å². The molecule has 5 nitrogen and oxygen atoms in total. The van der Waals surface area contributed by atoms with E-state index in [-0.39, 0.29) is 24.3 Å². The second kappa shape index (κ2) is 7.68. The second-order valence-corrected chi connectivity index (χ2v) is 7.11. The van der Waals surface area contributed by atoms with E-state index in [1.165, 1.54) is 4.90 Å². The number of carbonyl (C=O) groups excluding carboxylic acids is 3. The van der Waals surface area contributed by atoms with Crippen molar-refractivity contribution in [2.45, 2.75) is 33.1 Å². The minimum Gasteiger partial charge on any atom is -0.356 e. The molecule has 0 saturated carbocycles. The number of carbonyl (C=O) groups is 3. The molecule has 0 bridgehead atoms. The lowest BCUT2D eigenvalue weighted by atomic mass is 9.94. The molecule has 0 aromatic heterocycles. The summed E-state index contributed by atoms with van der Waals surface area (Å²) in [5, 5.41) is 4.50. The summed E-state index contributed by atoms with van der Waals surface area (Å²) in [5.41, 5.74) is 1.11. The van der Waals surface area contributed by atoms with Crippen molar-refractivity contribution in [2.75, 3.05) is 13.1 Å². The summed E-state index contributed by atoms with van der Waals surface area (Å²) >= 11 is 0. The molecule has 0 saturated heterocycles. The quantitative estimate of drug-likeness (QED) is 0.777. The fourth-order valence-corrected chi connectivity index (χ4v) is 3.27. The molecule has 1 aliphatic heterocycles. The van der Waals surface area contributed by atoms with Gasteiger partial charge in [0.15, 0.2) is 0 Å². The molecular weight excluding hydrogens is 328 g/mol. The summed E-state index contributed by atoms with van der Waals surface area (Å²) in [4.78, 5) is 38.6. The van der Waals surface area contributed by atoms with E-state index in [4.69, 9.17) is 0 Å². The van der Waals surface area contributed by atoms with Gasteiger partial charge in [0.2, 0.25) is 5.91 Å². The first-order valence-corrected chi connectivity index (χ1v) is 9.13. The molecule has 0 radical (unpaired) electrons. The van der Waals surface area contributed by atoms with Gasteiger partial charge in [0, 0.05) is 36.0 Å². The molecule has 26 heavy (non-hydrogen) atoms. The Bertz CT molecular complexity index is 807. The van der Waals surface area contributed by atoms with E-state index in [1.54, 1.807) is 12.1 Å². The van der Waals surface area contributed by atoms with Gasteiger partial charge in [-0.3, -0.25) is 19.3 Å². The standard InChI is InChI=1S/C21H24N2O3/c1-14(2)11-12-22-18(24)10-5-13-23-20(25)16-8-3-6-15-7-4-9-17(19(15)16)21(23)26/h3-4,6-9,14H,5,10-13H2,1-2H3,(H,22,24). The summed E-state index contributed by atoms with van der Waals surface area (Å²) in [6, 6.07) is 11.0. The van der Waals surface area contributed by atoms with Gasteiger partial charge in [-0.25, -0.2) is 0 Å². The van der Waals surface area contributed by atoms with Crippen molar-refractivity contribution in [1.82, 2.24) is 10.2 Å². The van der Waals surface area contributed by atoms with Crippen molar-refractivity contribution in [3.8, 4) is 0 Å². The summed E-state index contributed by atoms with van der Waals surface area (Å²) < 4.78 is 0. The molecule has 0 aliphatic carbocycles. The fourth-order valence-electron chi connectivity index (χ4n) is 3.27. The molecule has 0 atom stereocenters. The molecule has 5 heteroatoms. The average Bonchev–Trinajstić information content (AvgIpc) is 2.62. The van der Waals surface area contributed by atoms with Crippen LogP contribution < -0.4 is 5.32 Å². The van der Waals surface area contributed by atoms with E-state index in [0.717, 1.165) is 17.2 Å². The van der Waals surface area contributed by atoms with Gasteiger partial charge in [0.25, 0.3) is 11.8 Å². The molecule has 1 heterocycles. The minimum absolute atomic E-state index is 0.0370. The number of amides is 3. The lowest BCUT2D eigenvalue weighted by Gasteiger charge is -2.27. The Morgan fingerprint density at radius 3 is 2.23 bits per heavy atom. The zero-order valence-corrected chi connectivity index (χ0v) is 15.2. The maximum absolute atomic E-state index is 12.7. The fraction of sp³-hybridized carbons (Fsp3) is 0.381. The van der Waals surface area contributed by atoms with Crippen molar-refractivity contribution in [3.63, 3.8) is 0 Å². The molecule has 2 aromatic carbocycles. The third kappa shape index (κ3) is 3.62. The van der Waals surface area contributed by atoms with Gasteiger partial charge >= 0.3 is 0 Å². The highest BCUT2D eigenvalue weighted by molar-refractivity contribution is 6.25. The maximum Gasteiger partial charge on any atom is 0.261 e. The molecule has 2 aromatic rings. The highest BCUT2D eigenvalue weighted by Crippen LogP contribution is 2.29. The maximum atomic E-state index is 12.7. The van der Waals surface area contributed by atoms with E-state index >= 15 is 0 Å². The number of nitrogens with one attached hydrogen (secondary N) is 1. The Hall–Kier alpha value is -2.69. The third-order valence-electron chi connectivity index (χ3n) is 4.69. The third-order valence-corrected chi connectivity index (χ3v) is 4.69. The van der Waals surface area contributed by atoms with Crippen molar-refractivity contribution in [3.05, 3.63) is 47.5 Å². The van der Waals surface area contributed by atoms with Crippen LogP contribution >= 0.6 is 0 Å². The Balaban J connectivity index is 1.64. The van der Waals surface area contributed by atoms with Crippen LogP contribution in [0, 0.1) is 5.92 Å². The Labute approximate surface area is 153 Å². The highest BCUT2D eigenvalue weighted by Gasteiger charge is 2.32. The average molecular weight is 352 g/mol. The van der Waals surface area contributed by atoms with E-state index in [1.807, 2.05) is 24.3 Å². The van der Waals surface area contributed by atoms with E-state index < -0.39 is 0 Å². The summed E-state index contributed by atoms with van der Waals surface area (Å²) in [7, 11) is 0. The van der Waals surface area contributed by atoms with Gasteiger partial charge in [-0.1, -0.05) is 38.1 Å². The van der Waals surface area contributed by atoms with Crippen molar-refractivity contribution in [1.29, 1.82) is 0 Å². The van der Waals surface area contributed by atoms with E-state index in [0.29, 0.717) is 36.4 Å². The monoisotopic (exact) mass is 352 g/mol. The smallest absolute Gasteiger partial charge is 0.261 e. The van der Waals surface area contributed by atoms with Crippen LogP contribution in [-0.4, -0.2) is 35.7 Å². The zero-order chi connectivity index (χ0) is 18.7. The van der Waals surface area contributed by atoms with Gasteiger partial charge in [-0.15, -0.1) is 0 Å². The number of hydrogen-bond acceptors (Lipinski definition) is 3. The Morgan fingerprint density at radius 2 is 1.65 bits per heavy atom. The number of nitrogens with zero attached hydrogens (tertiary/aromatic N) is 1. The molecule has 3 amide bonds. The predicted octanol–water partition coefficient (Wildman–Crippen LogP) is 3.38. The molecule has 0 fully saturated rings. The van der Waals surface area contributed by atoms with Gasteiger partial charge in [0.1, 0.15) is 0 Å². The molecular formula is C21H24N2O3. The summed E-state index contributed by atoms with van der Waals surface area (Å²) in [6.07, 6.45) is 1.71. The Kier molecular flexibility index (Phi) is 5.35. The zero-order valence-electron chi connectivity index (χ0n) is 15.2. The van der Waals surface area contributed by atoms with Crippen LogP contribution in [-0.2, 0) is 4.79 Å². The van der Waals surface area contributed by atoms with Crippen LogP contribution in [0.5, 0.6) is 0 Å². The number of rotatable bonds is 7. The normalized spacial score (nSPS) is 13.6. The van der Waals surface area contributed by atoms with Crippen LogP contribution in [0.25, 0.3) is 10.8 Å². The number of hydrogen-bond donors (Lipinski definition) is 1. The van der Waals surface area contributed by atoms with Gasteiger partial charge < -0.3 is 5.32 Å². The molecule has 1 N–H and O–H groups in total. The number of benzene rings is 2. The summed E-state index contributed by atoms with van der Waals surface area (Å²) in [6.45, 7) is 5.13. The van der Waals surface area contributed by atoms with Crippen LogP contribution in [0.3, 0.4) is 0 Å². The largest absolute Gasteiger partial charge is 0.356 e. The minimum atomic E-state index is -0.278. The second-order valence-electron chi connectivity index (χ2n) is 7.11. The van der Waals surface area contributed by atoms with Crippen LogP contribution in [0.1, 0.15) is 53.8 Å². The SMILES string of the molecule is CC(C)CCNC(=O)CCCN1C(=O)c2cccc3cccc(c23)C1=O. The first-order chi connectivity index (χ1) is 12.5. The molecule has 1 aliphatic rings. The highest BCUT2D eigenvalue weighted by atomic mass is 16.2. The summed E-state index contributed by atoms with van der Waals surface area (Å²) in [5.74, 6) is -0.0502. The van der Waals surface area contributed by atoms with Gasteiger partial charge in [0.05, 0.1) is 0 Å². The van der Waals surface area contributed by atoms with Crippen molar-refractivity contribution in [2.24, 2.45) is 5.92 Å². The van der Waals surface area contributed by atoms with Crippen molar-refractivity contribution >= 4 is 28.5 Å². The van der Waals surface area contributed by atoms with Crippen molar-refractivity contribution < 1.29 is 14.4 Å².